The van der Waals surface area contributed by atoms with Crippen molar-refractivity contribution in [2.45, 2.75) is 13.8 Å². The second kappa shape index (κ2) is 12.4. The SMILES string of the molecule is Cc1nc(C)c(C(=O)N/N=C/C=C/c2ccccc2)cc1C(=O)N/N=C/C=C/c1ccccc1. The molecule has 3 rings (SSSR count). The molecule has 7 nitrogen and oxygen atoms in total. The molecule has 3 aromatic rings. The average Bonchev–Trinajstić information content (AvgIpc) is 2.84. The quantitative estimate of drug-likeness (QED) is 0.388. The summed E-state index contributed by atoms with van der Waals surface area (Å²) >= 11 is 0. The molecular weight excluding hydrogens is 426 g/mol. The van der Waals surface area contributed by atoms with Crippen molar-refractivity contribution in [2.24, 2.45) is 10.2 Å². The van der Waals surface area contributed by atoms with E-state index >= 15 is 0 Å². The normalized spacial score (nSPS) is 11.6. The number of carbonyl (C=O) groups is 2. The number of amides is 2. The zero-order valence-electron chi connectivity index (χ0n) is 19.0. The molecule has 2 aromatic carbocycles. The Morgan fingerprint density at radius 3 is 1.53 bits per heavy atom. The molecule has 1 heterocycles. The molecule has 2 amide bonds. The Morgan fingerprint density at radius 1 is 0.706 bits per heavy atom. The smallest absolute Gasteiger partial charge is 0.267 e. The first-order chi connectivity index (χ1) is 16.5. The lowest BCUT2D eigenvalue weighted by Crippen LogP contribution is -2.23. The molecule has 0 fully saturated rings. The summed E-state index contributed by atoms with van der Waals surface area (Å²) in [6.07, 6.45) is 10.1. The topological polar surface area (TPSA) is 95.8 Å². The third-order valence-corrected chi connectivity index (χ3v) is 4.72. The van der Waals surface area contributed by atoms with Crippen LogP contribution in [-0.4, -0.2) is 29.2 Å². The van der Waals surface area contributed by atoms with Crippen LogP contribution in [0.1, 0.15) is 43.2 Å². The van der Waals surface area contributed by atoms with E-state index in [4.69, 9.17) is 0 Å². The van der Waals surface area contributed by atoms with Crippen molar-refractivity contribution >= 4 is 36.4 Å². The number of rotatable bonds is 8. The largest absolute Gasteiger partial charge is 0.273 e. The van der Waals surface area contributed by atoms with Gasteiger partial charge in [-0.15, -0.1) is 0 Å². The molecule has 7 heteroatoms. The highest BCUT2D eigenvalue weighted by atomic mass is 16.2. The van der Waals surface area contributed by atoms with Gasteiger partial charge in [0.05, 0.1) is 22.5 Å². The van der Waals surface area contributed by atoms with Gasteiger partial charge in [-0.2, -0.15) is 10.2 Å². The van der Waals surface area contributed by atoms with Crippen LogP contribution < -0.4 is 10.9 Å². The molecule has 0 bridgehead atoms. The first-order valence-electron chi connectivity index (χ1n) is 10.6. The number of nitrogens with one attached hydrogen (secondary N) is 2. The first kappa shape index (κ1) is 24.0. The molecular formula is C27H25N5O2. The second-order valence-electron chi connectivity index (χ2n) is 7.23. The van der Waals surface area contributed by atoms with Crippen molar-refractivity contribution in [2.75, 3.05) is 0 Å². The third-order valence-electron chi connectivity index (χ3n) is 4.72. The highest BCUT2D eigenvalue weighted by molar-refractivity contribution is 6.01. The van der Waals surface area contributed by atoms with Gasteiger partial charge in [-0.05, 0) is 43.2 Å². The maximum absolute atomic E-state index is 12.6. The predicted molar refractivity (Wildman–Crippen MR) is 137 cm³/mol. The Morgan fingerprint density at radius 2 is 1.12 bits per heavy atom. The number of carbonyl (C=O) groups excluding carboxylic acids is 2. The maximum atomic E-state index is 12.6. The number of pyridine rings is 1. The Balaban J connectivity index is 1.60. The van der Waals surface area contributed by atoms with Crippen LogP contribution in [0.5, 0.6) is 0 Å². The van der Waals surface area contributed by atoms with Gasteiger partial charge >= 0.3 is 0 Å². The lowest BCUT2D eigenvalue weighted by Gasteiger charge is -2.09. The molecule has 0 saturated carbocycles. The van der Waals surface area contributed by atoms with Crippen LogP contribution in [0.4, 0.5) is 0 Å². The van der Waals surface area contributed by atoms with Gasteiger partial charge in [0.25, 0.3) is 11.8 Å². The fourth-order valence-electron chi connectivity index (χ4n) is 3.02. The van der Waals surface area contributed by atoms with Crippen molar-refractivity contribution in [3.63, 3.8) is 0 Å². The Hall–Kier alpha value is -4.65. The molecule has 2 N–H and O–H groups in total. The number of hydrazone groups is 2. The molecule has 0 atom stereocenters. The van der Waals surface area contributed by atoms with Gasteiger partial charge in [-0.1, -0.05) is 72.8 Å². The second-order valence-corrected chi connectivity index (χ2v) is 7.23. The minimum Gasteiger partial charge on any atom is -0.267 e. The van der Waals surface area contributed by atoms with E-state index in [2.05, 4.69) is 26.0 Å². The fourth-order valence-corrected chi connectivity index (χ4v) is 3.02. The zero-order valence-corrected chi connectivity index (χ0v) is 19.0. The van der Waals surface area contributed by atoms with Gasteiger partial charge in [0.15, 0.2) is 0 Å². The highest BCUT2D eigenvalue weighted by Gasteiger charge is 2.17. The van der Waals surface area contributed by atoms with E-state index in [1.807, 2.05) is 72.8 Å². The fraction of sp³-hybridized carbons (Fsp3) is 0.0741. The molecule has 170 valence electrons. The van der Waals surface area contributed by atoms with Gasteiger partial charge in [0.2, 0.25) is 0 Å². The van der Waals surface area contributed by atoms with Crippen LogP contribution in [0.15, 0.2) is 89.1 Å². The van der Waals surface area contributed by atoms with E-state index in [-0.39, 0.29) is 11.1 Å². The summed E-state index contributed by atoms with van der Waals surface area (Å²) in [4.78, 5) is 29.4. The summed E-state index contributed by atoms with van der Waals surface area (Å²) in [7, 11) is 0. The van der Waals surface area contributed by atoms with Crippen LogP contribution in [0.3, 0.4) is 0 Å². The number of benzene rings is 2. The Kier molecular flexibility index (Phi) is 8.76. The van der Waals surface area contributed by atoms with Crippen molar-refractivity contribution in [3.8, 4) is 0 Å². The minimum atomic E-state index is -0.460. The van der Waals surface area contributed by atoms with Gasteiger partial charge < -0.3 is 0 Å². The summed E-state index contributed by atoms with van der Waals surface area (Å²) < 4.78 is 0. The van der Waals surface area contributed by atoms with Crippen molar-refractivity contribution < 1.29 is 9.59 Å². The van der Waals surface area contributed by atoms with Crippen LogP contribution >= 0.6 is 0 Å². The number of aromatic nitrogens is 1. The van der Waals surface area contributed by atoms with Gasteiger partial charge in [-0.25, -0.2) is 10.9 Å². The number of hydrogen-bond acceptors (Lipinski definition) is 5. The number of hydrogen-bond donors (Lipinski definition) is 2. The number of allylic oxidation sites excluding steroid dienone is 2. The first-order valence-corrected chi connectivity index (χ1v) is 10.6. The van der Waals surface area contributed by atoms with Crippen LogP contribution in [0, 0.1) is 13.8 Å². The van der Waals surface area contributed by atoms with Gasteiger partial charge in [0, 0.05) is 12.4 Å². The van der Waals surface area contributed by atoms with E-state index in [1.54, 1.807) is 26.0 Å². The van der Waals surface area contributed by atoms with Crippen molar-refractivity contribution in [3.05, 3.63) is 113 Å². The third kappa shape index (κ3) is 7.20. The summed E-state index contributed by atoms with van der Waals surface area (Å²) in [5.74, 6) is -0.921. The van der Waals surface area contributed by atoms with Gasteiger partial charge in [-0.3, -0.25) is 14.6 Å². The van der Waals surface area contributed by atoms with E-state index in [0.29, 0.717) is 11.4 Å². The summed E-state index contributed by atoms with van der Waals surface area (Å²) in [5, 5.41) is 7.85. The lowest BCUT2D eigenvalue weighted by molar-refractivity contribution is 0.0954. The molecule has 0 aliphatic rings. The molecule has 0 radical (unpaired) electrons. The molecule has 0 spiro atoms. The average molecular weight is 452 g/mol. The maximum Gasteiger partial charge on any atom is 0.273 e. The van der Waals surface area contributed by atoms with Crippen LogP contribution in [-0.2, 0) is 0 Å². The highest BCUT2D eigenvalue weighted by Crippen LogP contribution is 2.13. The van der Waals surface area contributed by atoms with E-state index in [0.717, 1.165) is 11.1 Å². The number of aryl methyl sites for hydroxylation is 2. The van der Waals surface area contributed by atoms with E-state index in [1.165, 1.54) is 18.5 Å². The van der Waals surface area contributed by atoms with Crippen molar-refractivity contribution in [1.82, 2.24) is 15.8 Å². The summed E-state index contributed by atoms with van der Waals surface area (Å²) in [6, 6.07) is 21.0. The Labute approximate surface area is 198 Å². The number of nitrogens with zero attached hydrogens (tertiary/aromatic N) is 3. The van der Waals surface area contributed by atoms with E-state index < -0.39 is 11.8 Å². The standard InChI is InChI=1S/C27H25N5O2/c1-20-24(26(33)31-28-17-9-15-22-11-5-3-6-12-22)19-25(21(2)30-20)27(34)32-29-18-10-16-23-13-7-4-8-14-23/h3-19H,1-2H3,(H,31,33)(H,32,34)/b15-9+,16-10+,28-17+,29-18+. The molecule has 0 aliphatic heterocycles. The van der Waals surface area contributed by atoms with E-state index in [9.17, 15) is 9.59 Å². The Bertz CT molecular complexity index is 1150. The van der Waals surface area contributed by atoms with Crippen molar-refractivity contribution in [1.29, 1.82) is 0 Å². The van der Waals surface area contributed by atoms with Crippen LogP contribution in [0.25, 0.3) is 12.2 Å². The monoisotopic (exact) mass is 451 g/mol. The lowest BCUT2D eigenvalue weighted by atomic mass is 10.1. The molecule has 1 aromatic heterocycles. The van der Waals surface area contributed by atoms with Gasteiger partial charge in [0.1, 0.15) is 0 Å². The molecule has 0 saturated heterocycles. The minimum absolute atomic E-state index is 0.257. The molecule has 0 aliphatic carbocycles. The molecule has 34 heavy (non-hydrogen) atoms. The predicted octanol–water partition coefficient (Wildman–Crippen LogP) is 4.56. The zero-order chi connectivity index (χ0) is 24.2. The summed E-state index contributed by atoms with van der Waals surface area (Å²) in [5.41, 5.74) is 8.46. The molecule has 0 unspecified atom stereocenters. The van der Waals surface area contributed by atoms with Crippen LogP contribution in [0.2, 0.25) is 0 Å². The summed E-state index contributed by atoms with van der Waals surface area (Å²) in [6.45, 7) is 3.41.